The van der Waals surface area contributed by atoms with Gasteiger partial charge in [0.25, 0.3) is 0 Å². The fraction of sp³-hybridized carbons (Fsp3) is 0.429. The van der Waals surface area contributed by atoms with Gasteiger partial charge in [-0.05, 0) is 72.1 Å². The molecule has 1 aromatic heterocycles. The number of aliphatic hydroxyl groups excluding tert-OH is 1. The van der Waals surface area contributed by atoms with Gasteiger partial charge in [-0.2, -0.15) is 0 Å². The highest BCUT2D eigenvalue weighted by Gasteiger charge is 2.44. The van der Waals surface area contributed by atoms with Crippen molar-refractivity contribution in [3.63, 3.8) is 0 Å². The van der Waals surface area contributed by atoms with Crippen LogP contribution in [-0.4, -0.2) is 21.7 Å². The molecule has 0 fully saturated rings. The monoisotopic (exact) mass is 528 g/mol. The summed E-state index contributed by atoms with van der Waals surface area (Å²) in [5, 5.41) is 11.7. The van der Waals surface area contributed by atoms with Gasteiger partial charge in [-0.25, -0.2) is 14.2 Å². The summed E-state index contributed by atoms with van der Waals surface area (Å²) < 4.78 is 20.6. The van der Waals surface area contributed by atoms with E-state index in [1.807, 2.05) is 32.9 Å². The maximum atomic E-state index is 13.5. The summed E-state index contributed by atoms with van der Waals surface area (Å²) in [6, 6.07) is 8.74. The lowest BCUT2D eigenvalue weighted by atomic mass is 9.79. The van der Waals surface area contributed by atoms with E-state index in [-0.39, 0.29) is 34.2 Å². The molecule has 0 spiro atoms. The molecule has 0 saturated carbocycles. The van der Waals surface area contributed by atoms with Crippen LogP contribution in [0.15, 0.2) is 45.9 Å². The maximum Gasteiger partial charge on any atom is 0.349 e. The average Bonchev–Trinajstić information content (AvgIpc) is 3.13. The standard InChI is InChI=1S/C28H33FN2O3S2/c1-15(2)28(10-9-17-7-8-18(29)11-16(17)3)14-21(32)24(25(33)34-28)35-22-13-23-20(31-26(30)36-23)12-19(22)27(4,5)6/h7-8,11-13,15,32H,9-10,14H2,1-6H3,(H2,30,31). The molecule has 0 bridgehead atoms. The Bertz CT molecular complexity index is 1360. The van der Waals surface area contributed by atoms with E-state index in [2.05, 4.69) is 25.8 Å². The molecule has 36 heavy (non-hydrogen) atoms. The number of nitrogen functional groups attached to an aromatic ring is 1. The minimum Gasteiger partial charge on any atom is -0.511 e. The largest absolute Gasteiger partial charge is 0.511 e. The number of hydrogen-bond acceptors (Lipinski definition) is 7. The summed E-state index contributed by atoms with van der Waals surface area (Å²) in [5.74, 6) is -0.755. The van der Waals surface area contributed by atoms with Crippen molar-refractivity contribution in [2.24, 2.45) is 5.92 Å². The van der Waals surface area contributed by atoms with Crippen LogP contribution in [0.4, 0.5) is 9.52 Å². The summed E-state index contributed by atoms with van der Waals surface area (Å²) in [5.41, 5.74) is 8.59. The van der Waals surface area contributed by atoms with Crippen molar-refractivity contribution < 1.29 is 19.0 Å². The van der Waals surface area contributed by atoms with Crippen LogP contribution in [0.1, 0.15) is 64.2 Å². The highest BCUT2D eigenvalue weighted by Crippen LogP contribution is 2.46. The number of nitrogens with two attached hydrogens (primary N) is 1. The Morgan fingerprint density at radius 3 is 2.61 bits per heavy atom. The van der Waals surface area contributed by atoms with Gasteiger partial charge < -0.3 is 15.6 Å². The number of anilines is 1. The second-order valence-corrected chi connectivity index (χ2v) is 13.0. The van der Waals surface area contributed by atoms with Crippen LogP contribution in [0.2, 0.25) is 0 Å². The Morgan fingerprint density at radius 2 is 2.00 bits per heavy atom. The Balaban J connectivity index is 1.65. The van der Waals surface area contributed by atoms with Gasteiger partial charge in [0.2, 0.25) is 0 Å². The van der Waals surface area contributed by atoms with E-state index in [9.17, 15) is 14.3 Å². The third-order valence-electron chi connectivity index (χ3n) is 6.91. The average molecular weight is 529 g/mol. The first-order chi connectivity index (χ1) is 16.8. The molecule has 3 aromatic rings. The molecule has 0 saturated heterocycles. The number of esters is 1. The number of aliphatic hydroxyl groups is 1. The highest BCUT2D eigenvalue weighted by atomic mass is 32.2. The number of halogens is 1. The molecule has 0 radical (unpaired) electrons. The number of carbonyl (C=O) groups excluding carboxylic acids is 1. The fourth-order valence-electron chi connectivity index (χ4n) is 4.64. The van der Waals surface area contributed by atoms with Crippen molar-refractivity contribution in [2.45, 2.75) is 76.7 Å². The van der Waals surface area contributed by atoms with Crippen molar-refractivity contribution in [1.29, 1.82) is 0 Å². The van der Waals surface area contributed by atoms with E-state index in [0.29, 0.717) is 18.0 Å². The van der Waals surface area contributed by atoms with E-state index in [1.165, 1.54) is 35.2 Å². The molecule has 8 heteroatoms. The van der Waals surface area contributed by atoms with Gasteiger partial charge in [-0.15, -0.1) is 0 Å². The smallest absolute Gasteiger partial charge is 0.349 e. The highest BCUT2D eigenvalue weighted by molar-refractivity contribution is 8.04. The quantitative estimate of drug-likeness (QED) is 0.323. The topological polar surface area (TPSA) is 85.4 Å². The van der Waals surface area contributed by atoms with Crippen molar-refractivity contribution in [1.82, 2.24) is 4.98 Å². The second-order valence-electron chi connectivity index (χ2n) is 10.9. The Morgan fingerprint density at radius 1 is 1.28 bits per heavy atom. The number of cyclic esters (lactones) is 1. The maximum absolute atomic E-state index is 13.5. The van der Waals surface area contributed by atoms with Gasteiger partial charge in [0, 0.05) is 11.3 Å². The van der Waals surface area contributed by atoms with Crippen molar-refractivity contribution in [2.75, 3.05) is 5.73 Å². The predicted octanol–water partition coefficient (Wildman–Crippen LogP) is 7.46. The third kappa shape index (κ3) is 5.25. The van der Waals surface area contributed by atoms with Crippen LogP contribution in [0.5, 0.6) is 0 Å². The molecule has 192 valence electrons. The van der Waals surface area contributed by atoms with Crippen LogP contribution >= 0.6 is 23.1 Å². The number of benzene rings is 2. The lowest BCUT2D eigenvalue weighted by Gasteiger charge is -2.40. The number of thioether (sulfide) groups is 1. The lowest BCUT2D eigenvalue weighted by molar-refractivity contribution is -0.164. The van der Waals surface area contributed by atoms with Gasteiger partial charge in [0.15, 0.2) is 5.13 Å². The summed E-state index contributed by atoms with van der Waals surface area (Å²) in [6.45, 7) is 12.2. The molecule has 1 unspecified atom stereocenters. The first kappa shape index (κ1) is 26.5. The normalized spacial score (nSPS) is 18.8. The first-order valence-corrected chi connectivity index (χ1v) is 13.7. The summed E-state index contributed by atoms with van der Waals surface area (Å²) in [4.78, 5) is 18.8. The zero-order valence-electron chi connectivity index (χ0n) is 21.6. The molecular formula is C28H33FN2O3S2. The number of aromatic nitrogens is 1. The molecule has 0 aliphatic carbocycles. The van der Waals surface area contributed by atoms with E-state index in [0.717, 1.165) is 31.8 Å². The predicted molar refractivity (Wildman–Crippen MR) is 146 cm³/mol. The molecule has 4 rings (SSSR count). The van der Waals surface area contributed by atoms with Crippen molar-refractivity contribution >= 4 is 44.4 Å². The Hall–Kier alpha value is -2.58. The molecule has 1 aliphatic heterocycles. The zero-order chi connectivity index (χ0) is 26.4. The van der Waals surface area contributed by atoms with E-state index >= 15 is 0 Å². The van der Waals surface area contributed by atoms with Crippen molar-refractivity contribution in [3.05, 3.63) is 63.5 Å². The summed E-state index contributed by atoms with van der Waals surface area (Å²) >= 11 is 2.64. The molecule has 1 atom stereocenters. The number of nitrogens with zero attached hydrogens (tertiary/aromatic N) is 1. The molecule has 5 nitrogen and oxygen atoms in total. The lowest BCUT2D eigenvalue weighted by Crippen LogP contribution is -2.44. The Labute approximate surface area is 220 Å². The zero-order valence-corrected chi connectivity index (χ0v) is 23.2. The molecule has 0 amide bonds. The van der Waals surface area contributed by atoms with Crippen molar-refractivity contribution in [3.8, 4) is 0 Å². The van der Waals surface area contributed by atoms with Crippen LogP contribution in [-0.2, 0) is 21.4 Å². The first-order valence-electron chi connectivity index (χ1n) is 12.1. The molecule has 2 aromatic carbocycles. The minimum atomic E-state index is -0.838. The Kier molecular flexibility index (Phi) is 7.14. The van der Waals surface area contributed by atoms with E-state index < -0.39 is 11.6 Å². The third-order valence-corrected chi connectivity index (χ3v) is 8.92. The fourth-order valence-corrected chi connectivity index (χ4v) is 6.66. The number of carbonyl (C=O) groups is 1. The van der Waals surface area contributed by atoms with Crippen LogP contribution < -0.4 is 5.73 Å². The molecule has 2 heterocycles. The molecular weight excluding hydrogens is 495 g/mol. The summed E-state index contributed by atoms with van der Waals surface area (Å²) in [7, 11) is 0. The number of ether oxygens (including phenoxy) is 1. The minimum absolute atomic E-state index is 0.0161. The van der Waals surface area contributed by atoms with Gasteiger partial charge in [0.1, 0.15) is 22.1 Å². The van der Waals surface area contributed by atoms with Gasteiger partial charge in [0.05, 0.1) is 10.2 Å². The number of rotatable bonds is 6. The van der Waals surface area contributed by atoms with E-state index in [1.54, 1.807) is 6.07 Å². The number of aryl methyl sites for hydroxylation is 2. The van der Waals surface area contributed by atoms with Gasteiger partial charge >= 0.3 is 5.97 Å². The molecule has 1 aliphatic rings. The van der Waals surface area contributed by atoms with Gasteiger partial charge in [-0.1, -0.05) is 63.8 Å². The number of thiazole rings is 1. The van der Waals surface area contributed by atoms with Crippen LogP contribution in [0, 0.1) is 18.7 Å². The number of fused-ring (bicyclic) bond motifs is 1. The number of hydrogen-bond donors (Lipinski definition) is 2. The van der Waals surface area contributed by atoms with Gasteiger partial charge in [-0.3, -0.25) is 0 Å². The second kappa shape index (κ2) is 9.71. The van der Waals surface area contributed by atoms with E-state index in [4.69, 9.17) is 10.5 Å². The SMILES string of the molecule is Cc1cc(F)ccc1CCC1(C(C)C)CC(O)=C(Sc2cc3sc(N)nc3cc2C(C)(C)C)C(=O)O1. The van der Waals surface area contributed by atoms with Crippen LogP contribution in [0.3, 0.4) is 0 Å². The van der Waals surface area contributed by atoms with Crippen LogP contribution in [0.25, 0.3) is 10.2 Å². The molecule has 3 N–H and O–H groups in total. The summed E-state index contributed by atoms with van der Waals surface area (Å²) in [6.07, 6.45) is 1.38.